The van der Waals surface area contributed by atoms with E-state index < -0.39 is 11.7 Å². The van der Waals surface area contributed by atoms with Gasteiger partial charge in [-0.15, -0.1) is 0 Å². The Hall–Kier alpha value is -1.03. The summed E-state index contributed by atoms with van der Waals surface area (Å²) in [6.07, 6.45) is -0.128. The van der Waals surface area contributed by atoms with Gasteiger partial charge in [0, 0.05) is 5.54 Å². The first-order chi connectivity index (χ1) is 9.31. The van der Waals surface area contributed by atoms with E-state index in [1.165, 1.54) is 12.1 Å². The zero-order chi connectivity index (χ0) is 14.8. The Bertz CT molecular complexity index is 428. The molecule has 0 radical (unpaired) electrons. The molecule has 0 bridgehead atoms. The van der Waals surface area contributed by atoms with Crippen molar-refractivity contribution in [1.29, 1.82) is 0 Å². The van der Waals surface area contributed by atoms with Gasteiger partial charge in [-0.1, -0.05) is 26.0 Å². The van der Waals surface area contributed by atoms with E-state index >= 15 is 0 Å². The number of benzene rings is 1. The number of rotatable bonds is 4. The Morgan fingerprint density at radius 1 is 1.20 bits per heavy atom. The molecule has 1 aromatic carbocycles. The van der Waals surface area contributed by atoms with Gasteiger partial charge in [0.25, 0.3) is 0 Å². The van der Waals surface area contributed by atoms with Crippen molar-refractivity contribution in [2.24, 2.45) is 5.92 Å². The summed E-state index contributed by atoms with van der Waals surface area (Å²) in [5.74, 6) is 0.579. The van der Waals surface area contributed by atoms with Gasteiger partial charge in [-0.25, -0.2) is 0 Å². The second-order valence-corrected chi connectivity index (χ2v) is 6.28. The van der Waals surface area contributed by atoms with E-state index in [0.29, 0.717) is 5.92 Å². The van der Waals surface area contributed by atoms with Crippen molar-refractivity contribution in [3.05, 3.63) is 35.4 Å². The van der Waals surface area contributed by atoms with Crippen molar-refractivity contribution >= 4 is 0 Å². The lowest BCUT2D eigenvalue weighted by molar-refractivity contribution is -0.137. The number of hydrogen-bond donors (Lipinski definition) is 1. The fourth-order valence-corrected chi connectivity index (χ4v) is 3.25. The van der Waals surface area contributed by atoms with Crippen molar-refractivity contribution in [3.8, 4) is 0 Å². The average molecular weight is 285 g/mol. The topological polar surface area (TPSA) is 12.0 Å². The molecule has 1 saturated heterocycles. The highest BCUT2D eigenvalue weighted by Gasteiger charge is 2.34. The smallest absolute Gasteiger partial charge is 0.311 e. The number of nitrogens with one attached hydrogen (secondary N) is 1. The molecule has 1 unspecified atom stereocenters. The van der Waals surface area contributed by atoms with E-state index in [9.17, 15) is 13.2 Å². The molecule has 0 amide bonds. The molecule has 0 spiro atoms. The first kappa shape index (κ1) is 15.4. The molecule has 1 fully saturated rings. The molecule has 1 aliphatic heterocycles. The van der Waals surface area contributed by atoms with E-state index in [1.54, 1.807) is 12.1 Å². The predicted octanol–water partition coefficient (Wildman–Crippen LogP) is 4.42. The van der Waals surface area contributed by atoms with Crippen molar-refractivity contribution in [2.75, 3.05) is 6.54 Å². The first-order valence-corrected chi connectivity index (χ1v) is 7.22. The molecule has 1 aromatic rings. The summed E-state index contributed by atoms with van der Waals surface area (Å²) in [6.45, 7) is 5.39. The normalized spacial score (nSPS) is 23.5. The SMILES string of the molecule is CC(C)CC1(Cc2ccc(C(F)(F)F)cc2)CCCN1. The maximum absolute atomic E-state index is 12.6. The van der Waals surface area contributed by atoms with Crippen LogP contribution in [0.1, 0.15) is 44.2 Å². The van der Waals surface area contributed by atoms with Crippen LogP contribution in [-0.4, -0.2) is 12.1 Å². The summed E-state index contributed by atoms with van der Waals surface area (Å²) in [5, 5.41) is 3.57. The third kappa shape index (κ3) is 3.75. The molecule has 1 heterocycles. The molecular weight excluding hydrogens is 263 g/mol. The molecule has 112 valence electrons. The first-order valence-electron chi connectivity index (χ1n) is 7.22. The third-order valence-corrected chi connectivity index (χ3v) is 3.95. The van der Waals surface area contributed by atoms with E-state index in [1.807, 2.05) is 0 Å². The maximum Gasteiger partial charge on any atom is 0.416 e. The molecule has 2 rings (SSSR count). The molecular formula is C16H22F3N. The Morgan fingerprint density at radius 2 is 1.85 bits per heavy atom. The van der Waals surface area contributed by atoms with Crippen LogP contribution in [0.5, 0.6) is 0 Å². The quantitative estimate of drug-likeness (QED) is 0.863. The van der Waals surface area contributed by atoms with Gasteiger partial charge in [-0.05, 0) is 55.8 Å². The van der Waals surface area contributed by atoms with Crippen molar-refractivity contribution in [1.82, 2.24) is 5.32 Å². The highest BCUT2D eigenvalue weighted by molar-refractivity contribution is 5.26. The van der Waals surface area contributed by atoms with Crippen LogP contribution in [0.3, 0.4) is 0 Å². The lowest BCUT2D eigenvalue weighted by Crippen LogP contribution is -2.43. The average Bonchev–Trinajstić information content (AvgIpc) is 2.76. The molecule has 0 saturated carbocycles. The van der Waals surface area contributed by atoms with Crippen LogP contribution in [0.4, 0.5) is 13.2 Å². The zero-order valence-electron chi connectivity index (χ0n) is 12.1. The van der Waals surface area contributed by atoms with Crippen LogP contribution < -0.4 is 5.32 Å². The van der Waals surface area contributed by atoms with Crippen molar-refractivity contribution in [3.63, 3.8) is 0 Å². The molecule has 0 aromatic heterocycles. The van der Waals surface area contributed by atoms with Gasteiger partial charge in [0.05, 0.1) is 5.56 Å². The van der Waals surface area contributed by atoms with Gasteiger partial charge < -0.3 is 5.32 Å². The molecule has 1 aliphatic rings. The van der Waals surface area contributed by atoms with Crippen LogP contribution in [0.15, 0.2) is 24.3 Å². The van der Waals surface area contributed by atoms with Gasteiger partial charge in [0.2, 0.25) is 0 Å². The van der Waals surface area contributed by atoms with Crippen molar-refractivity contribution < 1.29 is 13.2 Å². The second-order valence-electron chi connectivity index (χ2n) is 6.28. The van der Waals surface area contributed by atoms with E-state index in [4.69, 9.17) is 0 Å². The van der Waals surface area contributed by atoms with Crippen LogP contribution in [0, 0.1) is 5.92 Å². The minimum absolute atomic E-state index is 0.0634. The second kappa shape index (κ2) is 5.76. The fourth-order valence-electron chi connectivity index (χ4n) is 3.25. The molecule has 0 aliphatic carbocycles. The molecule has 1 atom stereocenters. The minimum atomic E-state index is -4.25. The Kier molecular flexibility index (Phi) is 4.43. The van der Waals surface area contributed by atoms with Gasteiger partial charge in [-0.2, -0.15) is 13.2 Å². The van der Waals surface area contributed by atoms with Gasteiger partial charge in [-0.3, -0.25) is 0 Å². The highest BCUT2D eigenvalue weighted by Crippen LogP contribution is 2.32. The minimum Gasteiger partial charge on any atom is -0.311 e. The number of alkyl halides is 3. The molecule has 20 heavy (non-hydrogen) atoms. The van der Waals surface area contributed by atoms with Gasteiger partial charge in [0.1, 0.15) is 0 Å². The number of halogens is 3. The summed E-state index contributed by atoms with van der Waals surface area (Å²) in [4.78, 5) is 0. The Balaban J connectivity index is 2.11. The Labute approximate surface area is 118 Å². The summed E-state index contributed by atoms with van der Waals surface area (Å²) in [6, 6.07) is 5.61. The molecule has 4 heteroatoms. The van der Waals surface area contributed by atoms with E-state index in [0.717, 1.165) is 37.8 Å². The van der Waals surface area contributed by atoms with Gasteiger partial charge in [0.15, 0.2) is 0 Å². The standard InChI is InChI=1S/C16H22F3N/c1-12(2)10-15(8-3-9-20-15)11-13-4-6-14(7-5-13)16(17,18)19/h4-7,12,20H,3,8-11H2,1-2H3. The monoisotopic (exact) mass is 285 g/mol. The summed E-state index contributed by atoms with van der Waals surface area (Å²) < 4.78 is 37.7. The summed E-state index contributed by atoms with van der Waals surface area (Å²) >= 11 is 0. The zero-order valence-corrected chi connectivity index (χ0v) is 12.1. The molecule has 1 nitrogen and oxygen atoms in total. The predicted molar refractivity (Wildman–Crippen MR) is 74.6 cm³/mol. The van der Waals surface area contributed by atoms with Crippen LogP contribution >= 0.6 is 0 Å². The van der Waals surface area contributed by atoms with E-state index in [-0.39, 0.29) is 5.54 Å². The maximum atomic E-state index is 12.6. The van der Waals surface area contributed by atoms with Crippen LogP contribution in [-0.2, 0) is 12.6 Å². The lowest BCUT2D eigenvalue weighted by Gasteiger charge is -2.32. The molecule has 1 N–H and O–H groups in total. The largest absolute Gasteiger partial charge is 0.416 e. The third-order valence-electron chi connectivity index (χ3n) is 3.95. The van der Waals surface area contributed by atoms with Gasteiger partial charge >= 0.3 is 6.18 Å². The van der Waals surface area contributed by atoms with Crippen LogP contribution in [0.25, 0.3) is 0 Å². The summed E-state index contributed by atoms with van der Waals surface area (Å²) in [7, 11) is 0. The Morgan fingerprint density at radius 3 is 2.30 bits per heavy atom. The lowest BCUT2D eigenvalue weighted by atomic mass is 9.82. The summed E-state index contributed by atoms with van der Waals surface area (Å²) in [5.41, 5.74) is 0.472. The number of hydrogen-bond acceptors (Lipinski definition) is 1. The van der Waals surface area contributed by atoms with Crippen molar-refractivity contribution in [2.45, 2.75) is 51.2 Å². The highest BCUT2D eigenvalue weighted by atomic mass is 19.4. The van der Waals surface area contributed by atoms with Crippen LogP contribution in [0.2, 0.25) is 0 Å². The fraction of sp³-hybridized carbons (Fsp3) is 0.625. The van der Waals surface area contributed by atoms with E-state index in [2.05, 4.69) is 19.2 Å².